The van der Waals surface area contributed by atoms with E-state index >= 15 is 0 Å². The minimum absolute atomic E-state index is 0.109. The monoisotopic (exact) mass is 652 g/mol. The molecule has 10 nitrogen and oxygen atoms in total. The third-order valence-corrected chi connectivity index (χ3v) is 10.5. The molecule has 252 valence electrons. The van der Waals surface area contributed by atoms with Crippen LogP contribution >= 0.6 is 0 Å². The predicted octanol–water partition coefficient (Wildman–Crippen LogP) is 4.11. The Morgan fingerprint density at radius 1 is 1.06 bits per heavy atom. The van der Waals surface area contributed by atoms with Gasteiger partial charge in [-0.25, -0.2) is 4.39 Å². The topological polar surface area (TPSA) is 92.1 Å². The van der Waals surface area contributed by atoms with E-state index < -0.39 is 6.17 Å². The van der Waals surface area contributed by atoms with Gasteiger partial charge in [-0.15, -0.1) is 0 Å². The van der Waals surface area contributed by atoms with Crippen molar-refractivity contribution in [3.8, 4) is 12.1 Å². The standard InChI is InChI=1S/C37H45FN8O2/c1-26-7-3-8-27-9-4-11-33(35(26)27)44-18-14-31-32(24-44)40-37(48-25-30-10-5-16-42(30)2)41-36(31)45-19-20-46(29(23-45)13-15-39)34(47)12-6-17-43-21-28(38)22-43/h3-4,6-9,11-12,28-30H,5,10,13-14,16-25H2,1-2H3/b12-6+/t29-,30-/m0/s1. The zero-order chi connectivity index (χ0) is 33.2. The number of benzene rings is 2. The SMILES string of the molecule is Cc1cccc2cccc(N3CCc4c(nc(OC[C@@H]5CCCN5C)nc4N4CCN(C(=O)/C=C/CN5CC(F)C5)[C@@H](CC#N)C4)C3)c12. The molecule has 3 aromatic rings. The highest BCUT2D eigenvalue weighted by atomic mass is 19.1. The van der Waals surface area contributed by atoms with Crippen LogP contribution in [0.25, 0.3) is 10.8 Å². The Hall–Kier alpha value is -4.27. The van der Waals surface area contributed by atoms with Crippen LogP contribution in [0.2, 0.25) is 0 Å². The molecule has 3 saturated heterocycles. The molecule has 11 heteroatoms. The number of rotatable bonds is 9. The molecule has 0 unspecified atom stereocenters. The van der Waals surface area contributed by atoms with E-state index in [2.05, 4.69) is 71.1 Å². The molecule has 0 spiro atoms. The van der Waals surface area contributed by atoms with Crippen molar-refractivity contribution >= 4 is 28.2 Å². The molecule has 0 saturated carbocycles. The molecule has 1 aromatic heterocycles. The van der Waals surface area contributed by atoms with Crippen LogP contribution in [-0.4, -0.2) is 115 Å². The lowest BCUT2D eigenvalue weighted by Crippen LogP contribution is -2.55. The molecule has 0 radical (unpaired) electrons. The summed E-state index contributed by atoms with van der Waals surface area (Å²) in [4.78, 5) is 34.0. The lowest BCUT2D eigenvalue weighted by Gasteiger charge is -2.42. The number of aromatic nitrogens is 2. The van der Waals surface area contributed by atoms with Gasteiger partial charge < -0.3 is 24.3 Å². The summed E-state index contributed by atoms with van der Waals surface area (Å²) in [5, 5.41) is 12.2. The maximum Gasteiger partial charge on any atom is 0.318 e. The first kappa shape index (κ1) is 32.3. The summed E-state index contributed by atoms with van der Waals surface area (Å²) in [6.07, 6.45) is 5.87. The minimum atomic E-state index is -0.768. The van der Waals surface area contributed by atoms with E-state index in [0.29, 0.717) is 64.5 Å². The number of hydrogen-bond donors (Lipinski definition) is 0. The lowest BCUT2D eigenvalue weighted by molar-refractivity contribution is -0.128. The van der Waals surface area contributed by atoms with Gasteiger partial charge in [0.15, 0.2) is 0 Å². The smallest absolute Gasteiger partial charge is 0.318 e. The molecule has 48 heavy (non-hydrogen) atoms. The Bertz CT molecular complexity index is 1710. The fraction of sp³-hybridized carbons (Fsp3) is 0.514. The van der Waals surface area contributed by atoms with Crippen LogP contribution in [0.1, 0.15) is 36.1 Å². The quantitative estimate of drug-likeness (QED) is 0.317. The maximum atomic E-state index is 13.3. The first-order chi connectivity index (χ1) is 23.4. The number of piperazine rings is 1. The van der Waals surface area contributed by atoms with Gasteiger partial charge in [0, 0.05) is 74.6 Å². The van der Waals surface area contributed by atoms with E-state index in [0.717, 1.165) is 49.4 Å². The molecule has 0 bridgehead atoms. The van der Waals surface area contributed by atoms with Crippen LogP contribution in [-0.2, 0) is 17.8 Å². The number of carbonyl (C=O) groups is 1. The van der Waals surface area contributed by atoms with Crippen molar-refractivity contribution in [1.29, 1.82) is 5.26 Å². The molecule has 3 fully saturated rings. The average molecular weight is 653 g/mol. The van der Waals surface area contributed by atoms with Crippen LogP contribution < -0.4 is 14.5 Å². The van der Waals surface area contributed by atoms with Gasteiger partial charge in [0.25, 0.3) is 0 Å². The molecule has 2 atom stereocenters. The number of alkyl halides is 1. The lowest BCUT2D eigenvalue weighted by atomic mass is 9.99. The first-order valence-electron chi connectivity index (χ1n) is 17.3. The molecule has 1 amide bonds. The van der Waals surface area contributed by atoms with Gasteiger partial charge in [-0.1, -0.05) is 36.4 Å². The number of halogens is 1. The normalized spacial score (nSPS) is 22.2. The van der Waals surface area contributed by atoms with Crippen molar-refractivity contribution in [2.24, 2.45) is 0 Å². The molecule has 4 aliphatic heterocycles. The second-order valence-electron chi connectivity index (χ2n) is 13.7. The van der Waals surface area contributed by atoms with Crippen molar-refractivity contribution in [3.63, 3.8) is 0 Å². The first-order valence-corrected chi connectivity index (χ1v) is 17.3. The van der Waals surface area contributed by atoms with Gasteiger partial charge in [0.1, 0.15) is 18.6 Å². The van der Waals surface area contributed by atoms with Crippen LogP contribution in [0.5, 0.6) is 6.01 Å². The number of likely N-dealkylation sites (N-methyl/N-ethyl adjacent to an activating group) is 1. The molecule has 0 aliphatic carbocycles. The molecule has 5 heterocycles. The Morgan fingerprint density at radius 2 is 1.90 bits per heavy atom. The number of hydrogen-bond acceptors (Lipinski definition) is 9. The number of carbonyl (C=O) groups excluding carboxylic acids is 1. The largest absolute Gasteiger partial charge is 0.462 e. The number of anilines is 2. The third kappa shape index (κ3) is 6.69. The molecule has 4 aliphatic rings. The maximum absolute atomic E-state index is 13.3. The summed E-state index contributed by atoms with van der Waals surface area (Å²) in [6, 6.07) is 15.7. The number of amides is 1. The van der Waals surface area contributed by atoms with E-state index in [1.807, 2.05) is 4.90 Å². The summed E-state index contributed by atoms with van der Waals surface area (Å²) in [5.74, 6) is 0.746. The summed E-state index contributed by atoms with van der Waals surface area (Å²) in [5.41, 5.74) is 4.54. The van der Waals surface area contributed by atoms with Gasteiger partial charge in [-0.05, 0) is 56.8 Å². The number of nitriles is 1. The van der Waals surface area contributed by atoms with E-state index in [4.69, 9.17) is 14.7 Å². The number of nitrogens with zero attached hydrogens (tertiary/aromatic N) is 8. The Balaban J connectivity index is 1.14. The Kier molecular flexibility index (Phi) is 9.46. The van der Waals surface area contributed by atoms with Crippen LogP contribution in [0.4, 0.5) is 15.9 Å². The zero-order valence-electron chi connectivity index (χ0n) is 28.0. The van der Waals surface area contributed by atoms with E-state index in [1.165, 1.54) is 22.0 Å². The number of fused-ring (bicyclic) bond motifs is 2. The highest BCUT2D eigenvalue weighted by Crippen LogP contribution is 2.36. The zero-order valence-corrected chi connectivity index (χ0v) is 28.0. The molecular formula is C37H45FN8O2. The van der Waals surface area contributed by atoms with Crippen molar-refractivity contribution < 1.29 is 13.9 Å². The molecule has 2 aromatic carbocycles. The molecule has 0 N–H and O–H groups in total. The van der Waals surface area contributed by atoms with Gasteiger partial charge in [0.05, 0.1) is 30.8 Å². The highest BCUT2D eigenvalue weighted by Gasteiger charge is 2.34. The highest BCUT2D eigenvalue weighted by molar-refractivity contribution is 5.97. The Morgan fingerprint density at radius 3 is 2.67 bits per heavy atom. The van der Waals surface area contributed by atoms with E-state index in [9.17, 15) is 14.4 Å². The Labute approximate surface area is 282 Å². The summed E-state index contributed by atoms with van der Waals surface area (Å²) >= 11 is 0. The molecular weight excluding hydrogens is 607 g/mol. The van der Waals surface area contributed by atoms with E-state index in [-0.39, 0.29) is 18.4 Å². The van der Waals surface area contributed by atoms with Crippen molar-refractivity contribution in [1.82, 2.24) is 24.7 Å². The van der Waals surface area contributed by atoms with Gasteiger partial charge in [-0.2, -0.15) is 15.2 Å². The van der Waals surface area contributed by atoms with Crippen LogP contribution in [0, 0.1) is 18.3 Å². The van der Waals surface area contributed by atoms with Gasteiger partial charge in [-0.3, -0.25) is 9.69 Å². The second-order valence-corrected chi connectivity index (χ2v) is 13.7. The van der Waals surface area contributed by atoms with Crippen LogP contribution in [0.15, 0.2) is 48.6 Å². The van der Waals surface area contributed by atoms with Crippen LogP contribution in [0.3, 0.4) is 0 Å². The summed E-state index contributed by atoms with van der Waals surface area (Å²) in [6.45, 7) is 8.21. The predicted molar refractivity (Wildman–Crippen MR) is 185 cm³/mol. The van der Waals surface area contributed by atoms with E-state index in [1.54, 1.807) is 17.1 Å². The molecule has 7 rings (SSSR count). The van der Waals surface area contributed by atoms with Crippen molar-refractivity contribution in [2.45, 2.75) is 57.4 Å². The van der Waals surface area contributed by atoms with Gasteiger partial charge in [0.2, 0.25) is 5.91 Å². The number of aryl methyl sites for hydroxylation is 1. The second kappa shape index (κ2) is 14.1. The number of ether oxygens (including phenoxy) is 1. The third-order valence-electron chi connectivity index (χ3n) is 10.5. The average Bonchev–Trinajstić information content (AvgIpc) is 3.50. The van der Waals surface area contributed by atoms with Gasteiger partial charge >= 0.3 is 6.01 Å². The summed E-state index contributed by atoms with van der Waals surface area (Å²) in [7, 11) is 2.14. The minimum Gasteiger partial charge on any atom is -0.462 e. The fourth-order valence-electron chi connectivity index (χ4n) is 7.72. The van der Waals surface area contributed by atoms with Crippen molar-refractivity contribution in [3.05, 3.63) is 65.4 Å². The number of likely N-dealkylation sites (tertiary alicyclic amines) is 2. The summed E-state index contributed by atoms with van der Waals surface area (Å²) < 4.78 is 19.5. The van der Waals surface area contributed by atoms with Crippen molar-refractivity contribution in [2.75, 3.05) is 75.8 Å². The fourth-order valence-corrected chi connectivity index (χ4v) is 7.72.